The van der Waals surface area contributed by atoms with Crippen LogP contribution in [0.1, 0.15) is 28.2 Å². The number of fused-ring (bicyclic) bond motifs is 1. The Hall–Kier alpha value is -2.42. The van der Waals surface area contributed by atoms with Crippen LogP contribution in [-0.2, 0) is 9.53 Å². The minimum atomic E-state index is -0.305. The van der Waals surface area contributed by atoms with Crippen molar-refractivity contribution in [3.8, 4) is 5.69 Å². The van der Waals surface area contributed by atoms with Crippen molar-refractivity contribution in [3.63, 3.8) is 0 Å². The number of aromatic nitrogens is 2. The minimum Gasteiger partial charge on any atom is -0.368 e. The van der Waals surface area contributed by atoms with E-state index in [4.69, 9.17) is 16.3 Å². The zero-order valence-electron chi connectivity index (χ0n) is 17.2. The van der Waals surface area contributed by atoms with Gasteiger partial charge in [-0.25, -0.2) is 4.68 Å². The van der Waals surface area contributed by atoms with Crippen LogP contribution in [0.3, 0.4) is 0 Å². The molecule has 5 rings (SSSR count). The van der Waals surface area contributed by atoms with E-state index < -0.39 is 0 Å². The van der Waals surface area contributed by atoms with Gasteiger partial charge in [0.15, 0.2) is 0 Å². The first-order chi connectivity index (χ1) is 15.0. The van der Waals surface area contributed by atoms with E-state index in [-0.39, 0.29) is 17.9 Å². The predicted octanol–water partition coefficient (Wildman–Crippen LogP) is 3.51. The molecule has 0 bridgehead atoms. The SMILES string of the molecule is Cc1nn(-c2ccccc2Cl)c2sc(C(=O)N3CCN(C(=O)C4CCCO4)CC3)cc12. The average Bonchev–Trinajstić information content (AvgIpc) is 3.52. The van der Waals surface area contributed by atoms with Gasteiger partial charge in [0.1, 0.15) is 10.9 Å². The van der Waals surface area contributed by atoms with Crippen LogP contribution in [0.25, 0.3) is 15.9 Å². The highest BCUT2D eigenvalue weighted by Crippen LogP contribution is 2.33. The number of ether oxygens (including phenoxy) is 1. The third-order valence-corrected chi connectivity index (χ3v) is 7.34. The smallest absolute Gasteiger partial charge is 0.264 e. The van der Waals surface area contributed by atoms with Crippen molar-refractivity contribution in [2.45, 2.75) is 25.9 Å². The molecule has 0 aliphatic carbocycles. The van der Waals surface area contributed by atoms with Crippen LogP contribution in [0.15, 0.2) is 30.3 Å². The fraction of sp³-hybridized carbons (Fsp3) is 0.409. The molecule has 4 heterocycles. The zero-order chi connectivity index (χ0) is 21.5. The number of nitrogens with zero attached hydrogens (tertiary/aromatic N) is 4. The Morgan fingerprint density at radius 3 is 2.61 bits per heavy atom. The number of halogens is 1. The second-order valence-corrected chi connectivity index (χ2v) is 9.34. The highest BCUT2D eigenvalue weighted by Gasteiger charge is 2.32. The van der Waals surface area contributed by atoms with Gasteiger partial charge in [0.25, 0.3) is 11.8 Å². The van der Waals surface area contributed by atoms with Crippen molar-refractivity contribution < 1.29 is 14.3 Å². The van der Waals surface area contributed by atoms with E-state index in [1.165, 1.54) is 11.3 Å². The monoisotopic (exact) mass is 458 g/mol. The maximum absolute atomic E-state index is 13.2. The Labute approximate surface area is 189 Å². The number of carbonyl (C=O) groups is 2. The van der Waals surface area contributed by atoms with E-state index in [2.05, 4.69) is 5.10 Å². The Kier molecular flexibility index (Phi) is 5.45. The van der Waals surface area contributed by atoms with Crippen LogP contribution in [0.5, 0.6) is 0 Å². The van der Waals surface area contributed by atoms with Crippen molar-refractivity contribution >= 4 is 45.0 Å². The van der Waals surface area contributed by atoms with Gasteiger partial charge in [0, 0.05) is 38.2 Å². The molecule has 0 N–H and O–H groups in total. The number of aryl methyl sites for hydroxylation is 1. The first-order valence-corrected chi connectivity index (χ1v) is 11.7. The lowest BCUT2D eigenvalue weighted by atomic mass is 10.2. The summed E-state index contributed by atoms with van der Waals surface area (Å²) in [5, 5.41) is 6.19. The average molecular weight is 459 g/mol. The normalized spacial score (nSPS) is 19.4. The fourth-order valence-corrected chi connectivity index (χ4v) is 5.56. The van der Waals surface area contributed by atoms with Gasteiger partial charge in [-0.1, -0.05) is 23.7 Å². The highest BCUT2D eigenvalue weighted by molar-refractivity contribution is 7.20. The summed E-state index contributed by atoms with van der Waals surface area (Å²) in [4.78, 5) is 31.0. The Morgan fingerprint density at radius 2 is 1.90 bits per heavy atom. The molecule has 0 saturated carbocycles. The van der Waals surface area contributed by atoms with Crippen LogP contribution >= 0.6 is 22.9 Å². The number of carbonyl (C=O) groups excluding carboxylic acids is 2. The molecule has 1 unspecified atom stereocenters. The van der Waals surface area contributed by atoms with Gasteiger partial charge in [-0.2, -0.15) is 5.10 Å². The fourth-order valence-electron chi connectivity index (χ4n) is 4.20. The molecule has 2 aromatic heterocycles. The number of hydrogen-bond donors (Lipinski definition) is 0. The number of thiophene rings is 1. The first kappa shape index (κ1) is 20.5. The number of rotatable bonds is 3. The maximum Gasteiger partial charge on any atom is 0.264 e. The lowest BCUT2D eigenvalue weighted by Gasteiger charge is -2.35. The van der Waals surface area contributed by atoms with Crippen molar-refractivity contribution in [2.75, 3.05) is 32.8 Å². The molecule has 2 fully saturated rings. The van der Waals surface area contributed by atoms with E-state index in [9.17, 15) is 9.59 Å². The first-order valence-electron chi connectivity index (χ1n) is 10.5. The number of benzene rings is 1. The van der Waals surface area contributed by atoms with Crippen molar-refractivity contribution in [2.24, 2.45) is 0 Å². The summed E-state index contributed by atoms with van der Waals surface area (Å²) in [5.74, 6) is 0.0532. The zero-order valence-corrected chi connectivity index (χ0v) is 18.8. The van der Waals surface area contributed by atoms with Gasteiger partial charge in [-0.15, -0.1) is 11.3 Å². The van der Waals surface area contributed by atoms with Crippen LogP contribution < -0.4 is 0 Å². The largest absolute Gasteiger partial charge is 0.368 e. The van der Waals surface area contributed by atoms with Crippen molar-refractivity contribution in [1.29, 1.82) is 0 Å². The van der Waals surface area contributed by atoms with Gasteiger partial charge in [0.05, 0.1) is 21.3 Å². The van der Waals surface area contributed by atoms with Gasteiger partial charge < -0.3 is 14.5 Å². The van der Waals surface area contributed by atoms with E-state index in [1.807, 2.05) is 51.7 Å². The molecule has 2 saturated heterocycles. The van der Waals surface area contributed by atoms with Crippen molar-refractivity contribution in [3.05, 3.63) is 45.9 Å². The molecule has 7 nitrogen and oxygen atoms in total. The van der Waals surface area contributed by atoms with Crippen LogP contribution in [-0.4, -0.2) is 70.3 Å². The number of para-hydroxylation sites is 1. The molecular formula is C22H23ClN4O3S. The van der Waals surface area contributed by atoms with Gasteiger partial charge in [-0.3, -0.25) is 9.59 Å². The molecular weight excluding hydrogens is 436 g/mol. The molecule has 9 heteroatoms. The molecule has 1 atom stereocenters. The minimum absolute atomic E-state index is 0.00414. The Morgan fingerprint density at radius 1 is 1.16 bits per heavy atom. The Bertz CT molecular complexity index is 1140. The summed E-state index contributed by atoms with van der Waals surface area (Å²) in [7, 11) is 0. The molecule has 162 valence electrons. The molecule has 1 aromatic carbocycles. The molecule has 2 amide bonds. The molecule has 3 aromatic rings. The molecule has 2 aliphatic rings. The molecule has 0 spiro atoms. The standard InChI is InChI=1S/C22H23ClN4O3S/c1-14-15-13-19(31-22(15)27(24-14)17-6-3-2-5-16(17)23)21(29)26-10-8-25(9-11-26)20(28)18-7-4-12-30-18/h2-3,5-6,13,18H,4,7-12H2,1H3. The second-order valence-electron chi connectivity index (χ2n) is 7.90. The van der Waals surface area contributed by atoms with Crippen LogP contribution in [0.2, 0.25) is 5.02 Å². The summed E-state index contributed by atoms with van der Waals surface area (Å²) in [5.41, 5.74) is 1.65. The van der Waals surface area contributed by atoms with E-state index >= 15 is 0 Å². The summed E-state index contributed by atoms with van der Waals surface area (Å²) < 4.78 is 7.33. The molecule has 31 heavy (non-hydrogen) atoms. The summed E-state index contributed by atoms with van der Waals surface area (Å²) in [6, 6.07) is 9.46. The van der Waals surface area contributed by atoms with E-state index in [1.54, 1.807) is 0 Å². The lowest BCUT2D eigenvalue weighted by molar-refractivity contribution is -0.142. The van der Waals surface area contributed by atoms with E-state index in [0.29, 0.717) is 42.7 Å². The van der Waals surface area contributed by atoms with Crippen LogP contribution in [0.4, 0.5) is 0 Å². The van der Waals surface area contributed by atoms with E-state index in [0.717, 1.165) is 34.4 Å². The van der Waals surface area contributed by atoms with Gasteiger partial charge in [0.2, 0.25) is 0 Å². The summed E-state index contributed by atoms with van der Waals surface area (Å²) in [6.45, 7) is 4.74. The summed E-state index contributed by atoms with van der Waals surface area (Å²) in [6.07, 6.45) is 1.42. The van der Waals surface area contributed by atoms with Gasteiger partial charge >= 0.3 is 0 Å². The lowest BCUT2D eigenvalue weighted by Crippen LogP contribution is -2.52. The molecule has 2 aliphatic heterocycles. The highest BCUT2D eigenvalue weighted by atomic mass is 35.5. The number of piperazine rings is 1. The molecule has 0 radical (unpaired) electrons. The number of hydrogen-bond acceptors (Lipinski definition) is 5. The summed E-state index contributed by atoms with van der Waals surface area (Å²) >= 11 is 7.80. The Balaban J connectivity index is 1.33. The predicted molar refractivity (Wildman–Crippen MR) is 120 cm³/mol. The van der Waals surface area contributed by atoms with Gasteiger partial charge in [-0.05, 0) is 38.0 Å². The van der Waals surface area contributed by atoms with Crippen LogP contribution in [0, 0.1) is 6.92 Å². The third-order valence-electron chi connectivity index (χ3n) is 5.92. The maximum atomic E-state index is 13.2. The topological polar surface area (TPSA) is 67.7 Å². The quantitative estimate of drug-likeness (QED) is 0.602. The second kappa shape index (κ2) is 8.26. The number of amides is 2. The third kappa shape index (κ3) is 3.73. The van der Waals surface area contributed by atoms with Crippen molar-refractivity contribution in [1.82, 2.24) is 19.6 Å².